The van der Waals surface area contributed by atoms with Gasteiger partial charge < -0.3 is 9.84 Å². The highest BCUT2D eigenvalue weighted by molar-refractivity contribution is 5.36. The first-order chi connectivity index (χ1) is 9.01. The van der Waals surface area contributed by atoms with Crippen LogP contribution in [0.3, 0.4) is 0 Å². The summed E-state index contributed by atoms with van der Waals surface area (Å²) in [5.41, 5.74) is 0.0348. The van der Waals surface area contributed by atoms with Gasteiger partial charge in [0, 0.05) is 6.07 Å². The lowest BCUT2D eigenvalue weighted by Crippen LogP contribution is -1.96. The summed E-state index contributed by atoms with van der Waals surface area (Å²) in [5.74, 6) is -5.37. The molecule has 100 valence electrons. The summed E-state index contributed by atoms with van der Waals surface area (Å²) >= 11 is 0. The molecule has 0 bridgehead atoms. The minimum absolute atomic E-state index is 0.0348. The maximum atomic E-state index is 13.5. The Bertz CT molecular complexity index is 591. The summed E-state index contributed by atoms with van der Waals surface area (Å²) in [5, 5.41) is 8.77. The normalized spacial score (nSPS) is 10.6. The predicted molar refractivity (Wildman–Crippen MR) is 58.7 cm³/mol. The Labute approximate surface area is 105 Å². The summed E-state index contributed by atoms with van der Waals surface area (Å²) in [6.45, 7) is -0.528. The van der Waals surface area contributed by atoms with E-state index in [-0.39, 0.29) is 11.3 Å². The van der Waals surface area contributed by atoms with E-state index >= 15 is 0 Å². The molecular weight excluding hydrogens is 264 g/mol. The molecule has 0 fully saturated rings. The molecule has 0 aromatic heterocycles. The molecule has 0 saturated carbocycles. The average Bonchev–Trinajstić information content (AvgIpc) is 2.37. The van der Waals surface area contributed by atoms with Gasteiger partial charge in [-0.05, 0) is 29.8 Å². The van der Waals surface area contributed by atoms with Crippen LogP contribution in [0.4, 0.5) is 17.6 Å². The van der Waals surface area contributed by atoms with Crippen LogP contribution in [-0.2, 0) is 6.61 Å². The van der Waals surface area contributed by atoms with Crippen LogP contribution in [0.5, 0.6) is 11.5 Å². The van der Waals surface area contributed by atoms with Crippen LogP contribution in [0.25, 0.3) is 0 Å². The smallest absolute Gasteiger partial charge is 0.198 e. The van der Waals surface area contributed by atoms with E-state index < -0.39 is 35.6 Å². The number of ether oxygens (including phenoxy) is 1. The van der Waals surface area contributed by atoms with Crippen LogP contribution in [0.1, 0.15) is 5.56 Å². The molecule has 2 aromatic rings. The summed E-state index contributed by atoms with van der Waals surface area (Å²) < 4.78 is 57.5. The van der Waals surface area contributed by atoms with E-state index in [4.69, 9.17) is 9.84 Å². The molecule has 0 unspecified atom stereocenters. The molecule has 0 heterocycles. The van der Waals surface area contributed by atoms with E-state index in [1.807, 2.05) is 0 Å². The molecule has 0 atom stereocenters. The second-order valence-electron chi connectivity index (χ2n) is 3.72. The van der Waals surface area contributed by atoms with Crippen molar-refractivity contribution in [2.24, 2.45) is 0 Å². The van der Waals surface area contributed by atoms with E-state index in [1.54, 1.807) is 0 Å². The van der Waals surface area contributed by atoms with Crippen molar-refractivity contribution < 1.29 is 27.4 Å². The van der Waals surface area contributed by atoms with Gasteiger partial charge in [0.05, 0.1) is 6.61 Å². The van der Waals surface area contributed by atoms with E-state index in [0.717, 1.165) is 24.3 Å². The van der Waals surface area contributed by atoms with Crippen molar-refractivity contribution in [3.05, 3.63) is 59.2 Å². The number of halogens is 4. The third kappa shape index (κ3) is 2.85. The Morgan fingerprint density at radius 3 is 2.00 bits per heavy atom. The fraction of sp³-hybridized carbons (Fsp3) is 0.0769. The van der Waals surface area contributed by atoms with Gasteiger partial charge >= 0.3 is 0 Å². The largest absolute Gasteiger partial charge is 0.451 e. The summed E-state index contributed by atoms with van der Waals surface area (Å²) in [6.07, 6.45) is 0. The average molecular weight is 272 g/mol. The van der Waals surface area contributed by atoms with Crippen molar-refractivity contribution in [2.45, 2.75) is 6.61 Å². The van der Waals surface area contributed by atoms with Crippen molar-refractivity contribution in [3.8, 4) is 11.5 Å². The Morgan fingerprint density at radius 2 is 1.47 bits per heavy atom. The molecule has 0 aliphatic heterocycles. The molecule has 0 saturated heterocycles. The Morgan fingerprint density at radius 1 is 0.842 bits per heavy atom. The molecule has 2 aromatic carbocycles. The molecule has 1 N–H and O–H groups in total. The molecule has 19 heavy (non-hydrogen) atoms. The zero-order chi connectivity index (χ0) is 14.0. The highest BCUT2D eigenvalue weighted by atomic mass is 19.2. The summed E-state index contributed by atoms with van der Waals surface area (Å²) in [6, 6.07) is 4.27. The van der Waals surface area contributed by atoms with Gasteiger partial charge in [-0.25, -0.2) is 17.6 Å². The van der Waals surface area contributed by atoms with Gasteiger partial charge in [-0.1, -0.05) is 0 Å². The molecule has 6 heteroatoms. The predicted octanol–water partition coefficient (Wildman–Crippen LogP) is 3.53. The molecule has 0 radical (unpaired) electrons. The minimum Gasteiger partial charge on any atom is -0.451 e. The van der Waals surface area contributed by atoms with Gasteiger partial charge in [0.1, 0.15) is 5.75 Å². The highest BCUT2D eigenvalue weighted by Gasteiger charge is 2.14. The van der Waals surface area contributed by atoms with Gasteiger partial charge in [-0.15, -0.1) is 0 Å². The van der Waals surface area contributed by atoms with Crippen LogP contribution in [0.2, 0.25) is 0 Å². The van der Waals surface area contributed by atoms with Gasteiger partial charge in [-0.2, -0.15) is 0 Å². The fourth-order valence-corrected chi connectivity index (χ4v) is 1.46. The van der Waals surface area contributed by atoms with E-state index in [1.165, 1.54) is 0 Å². The van der Waals surface area contributed by atoms with E-state index in [2.05, 4.69) is 0 Å². The van der Waals surface area contributed by atoms with Gasteiger partial charge in [0.2, 0.25) is 0 Å². The second kappa shape index (κ2) is 5.27. The number of rotatable bonds is 3. The maximum Gasteiger partial charge on any atom is 0.198 e. The van der Waals surface area contributed by atoms with Crippen LogP contribution in [-0.4, -0.2) is 5.11 Å². The number of hydrogen-bond donors (Lipinski definition) is 1. The fourth-order valence-electron chi connectivity index (χ4n) is 1.46. The van der Waals surface area contributed by atoms with Crippen molar-refractivity contribution >= 4 is 0 Å². The van der Waals surface area contributed by atoms with Gasteiger partial charge in [0.15, 0.2) is 29.0 Å². The molecule has 2 nitrogen and oxygen atoms in total. The highest BCUT2D eigenvalue weighted by Crippen LogP contribution is 2.29. The van der Waals surface area contributed by atoms with Crippen molar-refractivity contribution in [2.75, 3.05) is 0 Å². The third-order valence-corrected chi connectivity index (χ3v) is 2.35. The Balaban J connectivity index is 2.35. The van der Waals surface area contributed by atoms with Crippen molar-refractivity contribution in [3.63, 3.8) is 0 Å². The van der Waals surface area contributed by atoms with Crippen LogP contribution >= 0.6 is 0 Å². The summed E-state index contributed by atoms with van der Waals surface area (Å²) in [7, 11) is 0. The number of hydrogen-bond acceptors (Lipinski definition) is 2. The third-order valence-electron chi connectivity index (χ3n) is 2.35. The molecule has 2 rings (SSSR count). The zero-order valence-corrected chi connectivity index (χ0v) is 9.46. The van der Waals surface area contributed by atoms with Crippen molar-refractivity contribution in [1.29, 1.82) is 0 Å². The van der Waals surface area contributed by atoms with Crippen LogP contribution in [0, 0.1) is 23.3 Å². The zero-order valence-electron chi connectivity index (χ0n) is 9.46. The van der Waals surface area contributed by atoms with Gasteiger partial charge in [0.25, 0.3) is 0 Å². The van der Waals surface area contributed by atoms with E-state index in [0.29, 0.717) is 6.07 Å². The minimum atomic E-state index is -1.19. The number of aliphatic hydroxyl groups excluding tert-OH is 1. The molecule has 0 aliphatic carbocycles. The van der Waals surface area contributed by atoms with Crippen LogP contribution < -0.4 is 4.74 Å². The summed E-state index contributed by atoms with van der Waals surface area (Å²) in [4.78, 5) is 0. The van der Waals surface area contributed by atoms with E-state index in [9.17, 15) is 17.6 Å². The number of aliphatic hydroxyl groups is 1. The quantitative estimate of drug-likeness (QED) is 0.866. The molecule has 0 amide bonds. The van der Waals surface area contributed by atoms with Crippen LogP contribution in [0.15, 0.2) is 30.3 Å². The topological polar surface area (TPSA) is 29.5 Å². The second-order valence-corrected chi connectivity index (χ2v) is 3.72. The number of benzene rings is 2. The lowest BCUT2D eigenvalue weighted by atomic mass is 10.2. The maximum absolute atomic E-state index is 13.5. The first-order valence-corrected chi connectivity index (χ1v) is 5.23. The molecular formula is C13H8F4O2. The first-order valence-electron chi connectivity index (χ1n) is 5.23. The first kappa shape index (κ1) is 13.4. The standard InChI is InChI=1S/C13H8F4O2/c14-9-2-1-8(5-10(9)15)19-13-11(16)3-7(6-18)4-12(13)17/h1-5,18H,6H2. The lowest BCUT2D eigenvalue weighted by molar-refractivity contribution is 0.279. The van der Waals surface area contributed by atoms with Crippen molar-refractivity contribution in [1.82, 2.24) is 0 Å². The molecule has 0 aliphatic rings. The van der Waals surface area contributed by atoms with Gasteiger partial charge in [-0.3, -0.25) is 0 Å². The Kier molecular flexibility index (Phi) is 3.71. The monoisotopic (exact) mass is 272 g/mol. The SMILES string of the molecule is OCc1cc(F)c(Oc2ccc(F)c(F)c2)c(F)c1. The molecule has 0 spiro atoms. The lowest BCUT2D eigenvalue weighted by Gasteiger charge is -2.09. The Hall–Kier alpha value is -2.08.